The summed E-state index contributed by atoms with van der Waals surface area (Å²) in [5, 5.41) is -0.0605. The molecular weight excluding hydrogens is 356 g/mol. The third-order valence-corrected chi connectivity index (χ3v) is 3.77. The van der Waals surface area contributed by atoms with E-state index < -0.39 is 17.6 Å². The molecule has 1 aromatic heterocycles. The summed E-state index contributed by atoms with van der Waals surface area (Å²) in [7, 11) is 0. The molecule has 0 unspecified atom stereocenters. The summed E-state index contributed by atoms with van der Waals surface area (Å²) in [6.45, 7) is 0. The molecule has 0 saturated carbocycles. The van der Waals surface area contributed by atoms with Gasteiger partial charge in [0.25, 0.3) is 11.8 Å². The zero-order valence-corrected chi connectivity index (χ0v) is 12.9. The van der Waals surface area contributed by atoms with Crippen molar-refractivity contribution in [2.24, 2.45) is 0 Å². The third kappa shape index (κ3) is 3.65. The number of benzene rings is 1. The smallest absolute Gasteiger partial charge is 0.267 e. The Kier molecular flexibility index (Phi) is 5.18. The molecule has 0 fully saturated rings. The Morgan fingerprint density at radius 1 is 0.955 bits per heavy atom. The first-order chi connectivity index (χ1) is 10.4. The van der Waals surface area contributed by atoms with Crippen LogP contribution in [0, 0.1) is 5.82 Å². The zero-order valence-electron chi connectivity index (χ0n) is 10.7. The minimum Gasteiger partial charge on any atom is -0.267 e. The highest BCUT2D eigenvalue weighted by atomic mass is 35.5. The molecule has 0 saturated heterocycles. The Hall–Kier alpha value is -1.89. The molecule has 0 aliphatic heterocycles. The number of hydrogen-bond donors (Lipinski definition) is 2. The van der Waals surface area contributed by atoms with E-state index in [-0.39, 0.29) is 26.3 Å². The molecule has 2 aromatic rings. The van der Waals surface area contributed by atoms with E-state index >= 15 is 0 Å². The van der Waals surface area contributed by atoms with Crippen molar-refractivity contribution in [1.82, 2.24) is 15.8 Å². The largest absolute Gasteiger partial charge is 0.289 e. The molecule has 1 heterocycles. The Bertz CT molecular complexity index is 738. The fourth-order valence-corrected chi connectivity index (χ4v) is 2.01. The van der Waals surface area contributed by atoms with Gasteiger partial charge in [-0.1, -0.05) is 34.8 Å². The van der Waals surface area contributed by atoms with E-state index in [1.165, 1.54) is 12.1 Å². The lowest BCUT2D eigenvalue weighted by Crippen LogP contribution is -2.42. The highest BCUT2D eigenvalue weighted by molar-refractivity contribution is 6.48. The number of hydrogen-bond acceptors (Lipinski definition) is 3. The van der Waals surface area contributed by atoms with Crippen molar-refractivity contribution in [2.75, 3.05) is 0 Å². The summed E-state index contributed by atoms with van der Waals surface area (Å²) in [4.78, 5) is 27.4. The SMILES string of the molecule is O=C(NNC(=O)c1ncc(Cl)c(Cl)c1Cl)c1ccc(F)cc1. The minimum atomic E-state index is -0.779. The van der Waals surface area contributed by atoms with Crippen LogP contribution in [0.3, 0.4) is 0 Å². The molecule has 0 aliphatic carbocycles. The van der Waals surface area contributed by atoms with Crippen molar-refractivity contribution in [2.45, 2.75) is 0 Å². The highest BCUT2D eigenvalue weighted by Crippen LogP contribution is 2.30. The van der Waals surface area contributed by atoms with Crippen molar-refractivity contribution in [3.05, 3.63) is 62.6 Å². The van der Waals surface area contributed by atoms with Crippen molar-refractivity contribution < 1.29 is 14.0 Å². The maximum absolute atomic E-state index is 12.8. The second-order valence-corrected chi connectivity index (χ2v) is 5.16. The van der Waals surface area contributed by atoms with Crippen molar-refractivity contribution in [3.8, 4) is 0 Å². The second-order valence-electron chi connectivity index (χ2n) is 4.00. The maximum atomic E-state index is 12.8. The highest BCUT2D eigenvalue weighted by Gasteiger charge is 2.17. The summed E-state index contributed by atoms with van der Waals surface area (Å²) in [6, 6.07) is 4.77. The van der Waals surface area contributed by atoms with Gasteiger partial charge in [0.2, 0.25) is 0 Å². The molecule has 9 heteroatoms. The van der Waals surface area contributed by atoms with Gasteiger partial charge >= 0.3 is 0 Å². The normalized spacial score (nSPS) is 10.2. The Morgan fingerprint density at radius 2 is 1.55 bits per heavy atom. The van der Waals surface area contributed by atoms with E-state index in [1.807, 2.05) is 0 Å². The summed E-state index contributed by atoms with van der Waals surface area (Å²) >= 11 is 17.3. The van der Waals surface area contributed by atoms with Crippen LogP contribution in [0.4, 0.5) is 4.39 Å². The molecule has 5 nitrogen and oxygen atoms in total. The van der Waals surface area contributed by atoms with Gasteiger partial charge in [-0.2, -0.15) is 0 Å². The lowest BCUT2D eigenvalue weighted by molar-refractivity contribution is 0.0844. The van der Waals surface area contributed by atoms with Gasteiger partial charge < -0.3 is 0 Å². The molecule has 0 atom stereocenters. The van der Waals surface area contributed by atoms with Gasteiger partial charge in [-0.3, -0.25) is 20.4 Å². The van der Waals surface area contributed by atoms with E-state index in [4.69, 9.17) is 34.8 Å². The van der Waals surface area contributed by atoms with Crippen LogP contribution in [0.1, 0.15) is 20.8 Å². The van der Waals surface area contributed by atoms with E-state index in [0.29, 0.717) is 0 Å². The molecule has 0 bridgehead atoms. The van der Waals surface area contributed by atoms with E-state index in [1.54, 1.807) is 0 Å². The first-order valence-corrected chi connectivity index (χ1v) is 6.89. The predicted octanol–water partition coefficient (Wildman–Crippen LogP) is 3.26. The number of nitrogens with one attached hydrogen (secondary N) is 2. The molecule has 2 N–H and O–H groups in total. The number of rotatable bonds is 2. The van der Waals surface area contributed by atoms with Crippen LogP contribution < -0.4 is 10.9 Å². The fraction of sp³-hybridized carbons (Fsp3) is 0. The van der Waals surface area contributed by atoms with Crippen molar-refractivity contribution in [3.63, 3.8) is 0 Å². The molecule has 2 amide bonds. The molecule has 1 aromatic carbocycles. The topological polar surface area (TPSA) is 71.1 Å². The number of carbonyl (C=O) groups excluding carboxylic acids is 2. The first-order valence-electron chi connectivity index (χ1n) is 5.76. The monoisotopic (exact) mass is 361 g/mol. The Morgan fingerprint density at radius 3 is 2.18 bits per heavy atom. The minimum absolute atomic E-state index is 0.0201. The van der Waals surface area contributed by atoms with Crippen LogP contribution in [-0.2, 0) is 0 Å². The van der Waals surface area contributed by atoms with E-state index in [2.05, 4.69) is 15.8 Å². The molecule has 2 rings (SSSR count). The standard InChI is InChI=1S/C13H7Cl3FN3O2/c14-8-5-18-11(10(16)9(8)15)13(22)20-19-12(21)6-1-3-7(17)4-2-6/h1-5H,(H,19,21)(H,20,22). The lowest BCUT2D eigenvalue weighted by atomic mass is 10.2. The number of hydrazine groups is 1. The van der Waals surface area contributed by atoms with Gasteiger partial charge in [0.05, 0.1) is 15.1 Å². The summed E-state index contributed by atoms with van der Waals surface area (Å²) in [5.41, 5.74) is 4.22. The predicted molar refractivity (Wildman–Crippen MR) is 80.6 cm³/mol. The Balaban J connectivity index is 2.05. The van der Waals surface area contributed by atoms with E-state index in [0.717, 1.165) is 18.3 Å². The number of amides is 2. The van der Waals surface area contributed by atoms with Crippen LogP contribution in [0.5, 0.6) is 0 Å². The molecule has 0 aliphatic rings. The molecule has 0 radical (unpaired) electrons. The number of aromatic nitrogens is 1. The van der Waals surface area contributed by atoms with Crippen LogP contribution in [0.25, 0.3) is 0 Å². The van der Waals surface area contributed by atoms with Crippen LogP contribution in [0.15, 0.2) is 30.5 Å². The van der Waals surface area contributed by atoms with Crippen molar-refractivity contribution >= 4 is 46.6 Å². The van der Waals surface area contributed by atoms with Gasteiger partial charge in [0, 0.05) is 11.8 Å². The molecule has 0 spiro atoms. The first kappa shape index (κ1) is 16.5. The van der Waals surface area contributed by atoms with Gasteiger partial charge in [-0.25, -0.2) is 9.37 Å². The van der Waals surface area contributed by atoms with Gasteiger partial charge in [0.1, 0.15) is 11.5 Å². The molecule has 22 heavy (non-hydrogen) atoms. The molecular formula is C13H7Cl3FN3O2. The maximum Gasteiger partial charge on any atom is 0.289 e. The summed E-state index contributed by atoms with van der Waals surface area (Å²) in [6.07, 6.45) is 1.16. The quantitative estimate of drug-likeness (QED) is 0.806. The van der Waals surface area contributed by atoms with E-state index in [9.17, 15) is 14.0 Å². The van der Waals surface area contributed by atoms with Gasteiger partial charge in [0.15, 0.2) is 0 Å². The number of carbonyl (C=O) groups is 2. The summed E-state index contributed by atoms with van der Waals surface area (Å²) < 4.78 is 12.8. The summed E-state index contributed by atoms with van der Waals surface area (Å²) in [5.74, 6) is -1.89. The van der Waals surface area contributed by atoms with Gasteiger partial charge in [-0.05, 0) is 24.3 Å². The van der Waals surface area contributed by atoms with Crippen LogP contribution >= 0.6 is 34.8 Å². The van der Waals surface area contributed by atoms with Crippen LogP contribution in [-0.4, -0.2) is 16.8 Å². The average molecular weight is 363 g/mol. The lowest BCUT2D eigenvalue weighted by Gasteiger charge is -2.09. The second kappa shape index (κ2) is 6.91. The van der Waals surface area contributed by atoms with Crippen molar-refractivity contribution in [1.29, 1.82) is 0 Å². The number of pyridine rings is 1. The number of halogens is 4. The van der Waals surface area contributed by atoms with Crippen LogP contribution in [0.2, 0.25) is 15.1 Å². The van der Waals surface area contributed by atoms with Gasteiger partial charge in [-0.15, -0.1) is 0 Å². The number of nitrogens with zero attached hydrogens (tertiary/aromatic N) is 1. The average Bonchev–Trinajstić information content (AvgIpc) is 2.51. The third-order valence-electron chi connectivity index (χ3n) is 2.53. The molecule has 114 valence electrons. The zero-order chi connectivity index (χ0) is 16.3. The Labute approximate surface area is 139 Å². The fourth-order valence-electron chi connectivity index (χ4n) is 1.45.